The number of aliphatic hydroxyl groups excluding tert-OH is 1. The number of carbonyl (C=O) groups is 2. The number of aliphatic hydroxyl groups is 1. The van der Waals surface area contributed by atoms with Gasteiger partial charge in [0.25, 0.3) is 15.9 Å². The second-order valence-corrected chi connectivity index (χ2v) is 11.0. The van der Waals surface area contributed by atoms with E-state index in [2.05, 4.69) is 4.74 Å². The second kappa shape index (κ2) is 11.2. The molecule has 18 heteroatoms. The Morgan fingerprint density at radius 2 is 1.71 bits per heavy atom. The van der Waals surface area contributed by atoms with Crippen molar-refractivity contribution in [3.8, 4) is 5.75 Å². The Labute approximate surface area is 228 Å². The van der Waals surface area contributed by atoms with Gasteiger partial charge in [-0.15, -0.1) is 0 Å². The van der Waals surface area contributed by atoms with E-state index in [0.717, 1.165) is 42.5 Å². The van der Waals surface area contributed by atoms with Gasteiger partial charge in [0.15, 0.2) is 0 Å². The summed E-state index contributed by atoms with van der Waals surface area (Å²) in [4.78, 5) is 23.4. The van der Waals surface area contributed by atoms with Crippen LogP contribution in [0.15, 0.2) is 47.4 Å². The molecule has 0 aliphatic carbocycles. The van der Waals surface area contributed by atoms with Crippen LogP contribution < -0.4 is 19.7 Å². The Balaban J connectivity index is 1.92. The second-order valence-electron chi connectivity index (χ2n) is 9.12. The minimum absolute atomic E-state index is 0.216. The van der Waals surface area contributed by atoms with Crippen LogP contribution in [0.5, 0.6) is 5.75 Å². The predicted octanol–water partition coefficient (Wildman–Crippen LogP) is 3.71. The monoisotopic (exact) mass is 617 g/mol. The van der Waals surface area contributed by atoms with Crippen LogP contribution in [0.3, 0.4) is 0 Å². The number of hydrogen-bond donors (Lipinski definition) is 3. The maximum atomic E-state index is 13.5. The zero-order valence-corrected chi connectivity index (χ0v) is 21.8. The first-order valence-electron chi connectivity index (χ1n) is 11.4. The number of anilines is 2. The van der Waals surface area contributed by atoms with Crippen molar-refractivity contribution in [2.45, 2.75) is 48.9 Å². The average Bonchev–Trinajstić information content (AvgIpc) is 2.85. The molecule has 2 unspecified atom stereocenters. The highest BCUT2D eigenvalue weighted by molar-refractivity contribution is 7.92. The summed E-state index contributed by atoms with van der Waals surface area (Å²) in [5.41, 5.74) is -3.36. The summed E-state index contributed by atoms with van der Waals surface area (Å²) in [6, 6.07) is 6.77. The highest BCUT2D eigenvalue weighted by Crippen LogP contribution is 2.39. The van der Waals surface area contributed by atoms with Gasteiger partial charge in [0, 0.05) is 5.69 Å². The molecule has 1 heterocycles. The average molecular weight is 617 g/mol. The highest BCUT2D eigenvalue weighted by Gasteiger charge is 2.51. The largest absolute Gasteiger partial charge is 0.484 e. The molecule has 1 aliphatic rings. The van der Waals surface area contributed by atoms with Gasteiger partial charge in [0.05, 0.1) is 23.7 Å². The van der Waals surface area contributed by atoms with Crippen molar-refractivity contribution in [3.63, 3.8) is 0 Å². The third kappa shape index (κ3) is 7.29. The fourth-order valence-electron chi connectivity index (χ4n) is 3.35. The standard InChI is InChI=1S/C23H22F7N3O7S/c1-21(2,23(28,29)30)40-20(36)32-13-5-8-17-16(9-13)33(41(37,38)15-6-3-12(24)4-7-15)11-14(39-17)10-31-19(35)18(34)22(25,26)27/h3-9,14,18,34H,10-11H2,1-2H3,(H,31,35)(H,32,36). The molecule has 2 aromatic rings. The van der Waals surface area contributed by atoms with E-state index in [1.165, 1.54) is 0 Å². The molecule has 10 nitrogen and oxygen atoms in total. The van der Waals surface area contributed by atoms with Gasteiger partial charge in [-0.2, -0.15) is 26.3 Å². The summed E-state index contributed by atoms with van der Waals surface area (Å²) in [6.07, 6.45) is -16.4. The van der Waals surface area contributed by atoms with Crippen LogP contribution in [-0.4, -0.2) is 68.8 Å². The summed E-state index contributed by atoms with van der Waals surface area (Å²) >= 11 is 0. The van der Waals surface area contributed by atoms with Crippen LogP contribution >= 0.6 is 0 Å². The minimum Gasteiger partial charge on any atom is -0.484 e. The first-order valence-corrected chi connectivity index (χ1v) is 12.8. The number of hydrogen-bond acceptors (Lipinski definition) is 7. The first kappa shape index (κ1) is 31.7. The first-order chi connectivity index (χ1) is 18.7. The lowest BCUT2D eigenvalue weighted by molar-refractivity contribution is -0.242. The Bertz CT molecular complexity index is 1400. The molecule has 0 bridgehead atoms. The summed E-state index contributed by atoms with van der Waals surface area (Å²) in [7, 11) is -4.54. The maximum Gasteiger partial charge on any atom is 0.427 e. The predicted molar refractivity (Wildman–Crippen MR) is 127 cm³/mol. The zero-order valence-electron chi connectivity index (χ0n) is 21.0. The van der Waals surface area contributed by atoms with Crippen molar-refractivity contribution in [1.82, 2.24) is 5.32 Å². The van der Waals surface area contributed by atoms with Gasteiger partial charge in [-0.1, -0.05) is 0 Å². The molecular formula is C23H22F7N3O7S. The van der Waals surface area contributed by atoms with Gasteiger partial charge in [0.1, 0.15) is 17.7 Å². The van der Waals surface area contributed by atoms with Gasteiger partial charge in [-0.05, 0) is 56.3 Å². The number of nitrogens with zero attached hydrogens (tertiary/aromatic N) is 1. The van der Waals surface area contributed by atoms with E-state index >= 15 is 0 Å². The summed E-state index contributed by atoms with van der Waals surface area (Å²) in [5.74, 6) is -2.80. The fourth-order valence-corrected chi connectivity index (χ4v) is 4.85. The summed E-state index contributed by atoms with van der Waals surface area (Å²) < 4.78 is 128. The van der Waals surface area contributed by atoms with E-state index in [1.54, 1.807) is 0 Å². The minimum atomic E-state index is -5.26. The molecule has 2 atom stereocenters. The van der Waals surface area contributed by atoms with Crippen molar-refractivity contribution >= 4 is 33.4 Å². The Hall–Kier alpha value is -3.80. The number of alkyl halides is 6. The van der Waals surface area contributed by atoms with Crippen molar-refractivity contribution < 1.29 is 63.3 Å². The lowest BCUT2D eigenvalue weighted by Gasteiger charge is -2.36. The van der Waals surface area contributed by atoms with Gasteiger partial charge in [-0.3, -0.25) is 14.4 Å². The Kier molecular flexibility index (Phi) is 8.69. The van der Waals surface area contributed by atoms with Gasteiger partial charge < -0.3 is 19.9 Å². The van der Waals surface area contributed by atoms with Crippen molar-refractivity contribution in [2.24, 2.45) is 0 Å². The summed E-state index contributed by atoms with van der Waals surface area (Å²) in [6.45, 7) is -0.113. The molecule has 0 aromatic heterocycles. The third-order valence-electron chi connectivity index (χ3n) is 5.63. The SMILES string of the molecule is CC(C)(OC(=O)Nc1ccc2c(c1)N(S(=O)(=O)c1ccc(F)cc1)CC(CNC(=O)C(O)C(F)(F)F)O2)C(F)(F)F. The van der Waals surface area contributed by atoms with Crippen LogP contribution in [0.1, 0.15) is 13.8 Å². The van der Waals surface area contributed by atoms with Gasteiger partial charge in [-0.25, -0.2) is 17.6 Å². The lowest BCUT2D eigenvalue weighted by atomic mass is 10.1. The number of sulfonamides is 1. The Morgan fingerprint density at radius 3 is 2.27 bits per heavy atom. The smallest absolute Gasteiger partial charge is 0.427 e. The van der Waals surface area contributed by atoms with Crippen molar-refractivity contribution in [1.29, 1.82) is 0 Å². The van der Waals surface area contributed by atoms with E-state index in [0.29, 0.717) is 18.2 Å². The van der Waals surface area contributed by atoms with Crippen LogP contribution in [-0.2, 0) is 19.6 Å². The van der Waals surface area contributed by atoms with Crippen LogP contribution in [0.2, 0.25) is 0 Å². The number of fused-ring (bicyclic) bond motifs is 1. The number of halogens is 7. The molecule has 0 fully saturated rings. The third-order valence-corrected chi connectivity index (χ3v) is 7.43. The quantitative estimate of drug-likeness (QED) is 0.404. The lowest BCUT2D eigenvalue weighted by Crippen LogP contribution is -2.51. The molecule has 3 N–H and O–H groups in total. The molecule has 2 amide bonds. The van der Waals surface area contributed by atoms with E-state index in [4.69, 9.17) is 9.84 Å². The Morgan fingerprint density at radius 1 is 1.10 bits per heavy atom. The molecular weight excluding hydrogens is 595 g/mol. The molecule has 0 radical (unpaired) electrons. The molecule has 226 valence electrons. The van der Waals surface area contributed by atoms with E-state index in [9.17, 15) is 48.7 Å². The normalized spacial score (nSPS) is 16.7. The molecule has 0 saturated heterocycles. The molecule has 0 spiro atoms. The number of benzene rings is 2. The van der Waals surface area contributed by atoms with Crippen LogP contribution in [0.25, 0.3) is 0 Å². The van der Waals surface area contributed by atoms with E-state index < -0.39 is 76.0 Å². The van der Waals surface area contributed by atoms with Crippen LogP contribution in [0, 0.1) is 5.82 Å². The number of rotatable bonds is 7. The van der Waals surface area contributed by atoms with Gasteiger partial charge in [0.2, 0.25) is 11.7 Å². The molecule has 2 aromatic carbocycles. The number of carbonyl (C=O) groups excluding carboxylic acids is 2. The molecule has 0 saturated carbocycles. The topological polar surface area (TPSA) is 134 Å². The number of amides is 2. The fraction of sp³-hybridized carbons (Fsp3) is 0.391. The molecule has 1 aliphatic heterocycles. The molecule has 41 heavy (non-hydrogen) atoms. The number of nitrogens with one attached hydrogen (secondary N) is 2. The highest BCUT2D eigenvalue weighted by atomic mass is 32.2. The summed E-state index contributed by atoms with van der Waals surface area (Å²) in [5, 5.41) is 12.9. The van der Waals surface area contributed by atoms with Gasteiger partial charge >= 0.3 is 18.4 Å². The van der Waals surface area contributed by atoms with Crippen molar-refractivity contribution in [3.05, 3.63) is 48.3 Å². The van der Waals surface area contributed by atoms with Crippen molar-refractivity contribution in [2.75, 3.05) is 22.7 Å². The van der Waals surface area contributed by atoms with E-state index in [-0.39, 0.29) is 17.1 Å². The number of ether oxygens (including phenoxy) is 2. The van der Waals surface area contributed by atoms with E-state index in [1.807, 2.05) is 10.6 Å². The molecule has 3 rings (SSSR count). The maximum absolute atomic E-state index is 13.5. The van der Waals surface area contributed by atoms with Crippen LogP contribution in [0.4, 0.5) is 46.9 Å². The zero-order chi connectivity index (χ0) is 31.0.